The zero-order valence-electron chi connectivity index (χ0n) is 85.4. The molecule has 6 aliphatic heterocycles. The molecule has 32 nitrogen and oxygen atoms in total. The predicted octanol–water partition coefficient (Wildman–Crippen LogP) is 18.5. The maximum absolute atomic E-state index is 15.0. The number of alkyl halides is 2. The molecule has 13 heterocycles. The summed E-state index contributed by atoms with van der Waals surface area (Å²) in [6.07, 6.45) is 21.4. The van der Waals surface area contributed by atoms with E-state index in [9.17, 15) is 33.1 Å². The molecule has 9 aromatic rings. The lowest BCUT2D eigenvalue weighted by atomic mass is 9.75. The van der Waals surface area contributed by atoms with Gasteiger partial charge in [-0.1, -0.05) is 12.2 Å². The van der Waals surface area contributed by atoms with E-state index in [1.807, 2.05) is 217 Å². The van der Waals surface area contributed by atoms with Crippen molar-refractivity contribution in [3.05, 3.63) is 195 Å². The first-order valence-electron chi connectivity index (χ1n) is 48.2. The van der Waals surface area contributed by atoms with Gasteiger partial charge < -0.3 is 97.1 Å². The molecule has 766 valence electrons. The third kappa shape index (κ3) is 31.2. The molecule has 2 aliphatic carbocycles. The van der Waals surface area contributed by atoms with E-state index in [1.165, 1.54) is 0 Å². The second-order valence-corrected chi connectivity index (χ2v) is 40.5. The van der Waals surface area contributed by atoms with Crippen LogP contribution in [0, 0.1) is 0 Å². The number of rotatable bonds is 19. The van der Waals surface area contributed by atoms with Gasteiger partial charge >= 0.3 is 25.4 Å². The number of fused-ring (bicyclic) bond motifs is 2. The number of pyridine rings is 5. The van der Waals surface area contributed by atoms with Gasteiger partial charge in [-0.3, -0.25) is 24.7 Å². The van der Waals surface area contributed by atoms with Gasteiger partial charge in [0.25, 0.3) is 5.56 Å². The number of amides is 3. The van der Waals surface area contributed by atoms with Crippen molar-refractivity contribution in [1.29, 1.82) is 0 Å². The molecule has 0 radical (unpaired) electrons. The van der Waals surface area contributed by atoms with Crippen molar-refractivity contribution in [1.82, 2.24) is 64.9 Å². The molecule has 141 heavy (non-hydrogen) atoms. The molecule has 6 fully saturated rings. The van der Waals surface area contributed by atoms with E-state index < -0.39 is 28.1 Å². The number of piperidine rings is 3. The molecule has 0 bridgehead atoms. The van der Waals surface area contributed by atoms with Crippen LogP contribution in [0.1, 0.15) is 219 Å². The van der Waals surface area contributed by atoms with Crippen molar-refractivity contribution < 1.29 is 80.6 Å². The Balaban J connectivity index is 0.000000173. The molecule has 7 aromatic heterocycles. The highest BCUT2D eigenvalue weighted by molar-refractivity contribution is 9.10. The number of aliphatic hydroxyl groups is 2. The fourth-order valence-corrected chi connectivity index (χ4v) is 16.9. The van der Waals surface area contributed by atoms with E-state index in [2.05, 4.69) is 72.1 Å². The molecule has 17 rings (SSSR count). The van der Waals surface area contributed by atoms with Crippen LogP contribution in [-0.4, -0.2) is 265 Å². The number of methoxy groups -OCH3 is 5. The lowest BCUT2D eigenvalue weighted by molar-refractivity contribution is 0.00578. The standard InChI is InChI=1S/C25H30FN5O2.C16H28BNO4.C16H24N2O3.C16H22N2O3.C14H16FN3O2.C11H16N2O.C6H6BrNO.ClH/c1-30(14-15-32)18-5-6-20-19(16-18)23(29-24(28-20)25(26)9-10-25)31-12-7-17(8-13-31)22-21(33-2)4-3-11-27-22;1-14(2,3)20-13(19)18-10-8-12(9-11-18)17-21-15(4,5)16(6,7)22-17;2*1-16(2,3)21-15(19)18-10-7-12(8-11-18)14-13(20-4)6-5-9-17-14;1-18(6-7-19)9-2-3-11-10(8-9)12(20)17-13(16-11)14(15)4-5-14;1-14-10-3-2-6-13-11(10)9-4-7-12-8-5-9;1-9-5-3-2-4-8-6(5)7;/h3-6,11,16-17,32H,7-10,12-15H2,1-2H3;8H,9-11H2,1-7H3;5-6,9,12H,7-8,10-11H2,1-4H3;5-7,9H,8,10-11H2,1-4H3;2-3,8,19H,4-7H2,1H3,(H,16,17,20);2-3,6,9,12H,4-5,7-8H2,1H3;2-4H,1H3;1H. The Hall–Kier alpha value is -11.1. The topological polar surface area (TPSA) is 351 Å². The van der Waals surface area contributed by atoms with Crippen LogP contribution in [0.3, 0.4) is 0 Å². The maximum atomic E-state index is 15.0. The number of benzene rings is 2. The second kappa shape index (κ2) is 50.2. The third-order valence-electron chi connectivity index (χ3n) is 25.4. The maximum Gasteiger partial charge on any atom is 0.490 e. The molecule has 4 N–H and O–H groups in total. The fourth-order valence-electron chi connectivity index (χ4n) is 16.4. The number of anilines is 3. The van der Waals surface area contributed by atoms with Gasteiger partial charge in [0, 0.05) is 145 Å². The highest BCUT2D eigenvalue weighted by Crippen LogP contribution is 2.51. The SMILES string of the molecule is CC(C)(C)OC(=O)N1CC=C(B2OC(C)(C)C(C)(C)O2)CC1.CN(CCO)c1ccc2nc(C3(F)CC3)[nH]c(=O)c2c1.COc1cccnc1Br.COc1cccnc1C1=CCN(C(=O)OC(C)(C)C)CC1.COc1cccnc1C1CCN(C(=O)OC(C)(C)C)CC1.COc1cccnc1C1CCN(c2nc(C3(F)CC3)nc3ccc(N(C)CCO)cc23)CC1.COc1cccnc1C1CCNCC1.Cl. The number of nitrogens with one attached hydrogen (secondary N) is 2. The fraction of sp³-hybridized carbons (Fsp3) is 0.538. The first-order chi connectivity index (χ1) is 66.5. The monoisotopic (exact) mass is 2030 g/mol. The predicted molar refractivity (Wildman–Crippen MR) is 551 cm³/mol. The normalized spacial score (nSPS) is 17.4. The number of likely N-dealkylation sites (N-methyl/N-ethyl adjacent to an activating group) is 2. The summed E-state index contributed by atoms with van der Waals surface area (Å²) < 4.78 is 84.5. The minimum Gasteiger partial charge on any atom is -0.495 e. The van der Waals surface area contributed by atoms with Crippen LogP contribution in [0.2, 0.25) is 0 Å². The molecule has 0 atom stereocenters. The van der Waals surface area contributed by atoms with Crippen LogP contribution in [0.4, 0.5) is 40.4 Å². The van der Waals surface area contributed by atoms with Gasteiger partial charge in [-0.2, -0.15) is 0 Å². The summed E-state index contributed by atoms with van der Waals surface area (Å²) in [6, 6.07) is 30.2. The molecule has 37 heteroatoms. The smallest absolute Gasteiger partial charge is 0.490 e. The van der Waals surface area contributed by atoms with Crippen molar-refractivity contribution in [2.45, 2.75) is 224 Å². The lowest BCUT2D eigenvalue weighted by Crippen LogP contribution is -2.41. The average Bonchev–Trinajstić information content (AvgIpc) is 1.66. The molecule has 0 spiro atoms. The van der Waals surface area contributed by atoms with E-state index in [0.717, 1.165) is 173 Å². The summed E-state index contributed by atoms with van der Waals surface area (Å²) in [7, 11) is 11.8. The first-order valence-corrected chi connectivity index (χ1v) is 49.0. The number of aliphatic hydroxyl groups excluding tert-OH is 2. The van der Waals surface area contributed by atoms with Crippen molar-refractivity contribution in [2.75, 3.05) is 156 Å². The Morgan fingerprint density at radius 2 is 0.922 bits per heavy atom. The molecule has 2 saturated carbocycles. The Labute approximate surface area is 842 Å². The molecule has 3 amide bonds. The Morgan fingerprint density at radius 3 is 1.34 bits per heavy atom. The number of nitrogens with zero attached hydrogens (tertiary/aromatic N) is 14. The molecular formula is C104H143BBrClF2N16O16. The van der Waals surface area contributed by atoms with Crippen LogP contribution < -0.4 is 49.3 Å². The highest BCUT2D eigenvalue weighted by atomic mass is 79.9. The molecule has 2 aromatic carbocycles. The van der Waals surface area contributed by atoms with Gasteiger partial charge in [0.15, 0.2) is 22.9 Å². The number of aromatic amines is 1. The van der Waals surface area contributed by atoms with Gasteiger partial charge in [-0.05, 0) is 304 Å². The number of H-pyrrole nitrogens is 1. The molecular weight excluding hydrogens is 1890 g/mol. The summed E-state index contributed by atoms with van der Waals surface area (Å²) in [5.41, 5.74) is 4.01. The minimum absolute atomic E-state index is 0. The summed E-state index contributed by atoms with van der Waals surface area (Å²) in [5.74, 6) is 6.54. The lowest BCUT2D eigenvalue weighted by Gasteiger charge is -2.34. The summed E-state index contributed by atoms with van der Waals surface area (Å²) in [5, 5.41) is 23.0. The highest BCUT2D eigenvalue weighted by Gasteiger charge is 2.53. The van der Waals surface area contributed by atoms with Crippen LogP contribution in [0.25, 0.3) is 27.4 Å². The quantitative estimate of drug-likeness (QED) is 0.0332. The van der Waals surface area contributed by atoms with Crippen molar-refractivity contribution in [3.63, 3.8) is 0 Å². The Morgan fingerprint density at radius 1 is 0.511 bits per heavy atom. The zero-order valence-corrected chi connectivity index (χ0v) is 87.8. The number of likely N-dealkylation sites (tertiary alicyclic amines) is 1. The Kier molecular flexibility index (Phi) is 39.8. The van der Waals surface area contributed by atoms with Gasteiger partial charge in [0.1, 0.15) is 61.7 Å². The Bertz CT molecular complexity index is 5730. The molecule has 0 unspecified atom stereocenters. The molecule has 4 saturated heterocycles. The van der Waals surface area contributed by atoms with Crippen LogP contribution in [0.5, 0.6) is 28.7 Å². The van der Waals surface area contributed by atoms with E-state index >= 15 is 0 Å². The molecule has 8 aliphatic rings. The van der Waals surface area contributed by atoms with E-state index in [-0.39, 0.29) is 73.6 Å². The number of carbonyl (C=O) groups excluding carboxylic acids is 3. The van der Waals surface area contributed by atoms with Gasteiger partial charge in [-0.15, -0.1) is 12.4 Å². The van der Waals surface area contributed by atoms with E-state index in [1.54, 1.807) is 81.0 Å². The van der Waals surface area contributed by atoms with Crippen LogP contribution >= 0.6 is 28.3 Å². The van der Waals surface area contributed by atoms with E-state index in [4.69, 9.17) is 57.3 Å². The van der Waals surface area contributed by atoms with Crippen molar-refractivity contribution in [3.8, 4) is 28.7 Å². The number of aromatic nitrogens is 9. The minimum atomic E-state index is -1.44. The van der Waals surface area contributed by atoms with Gasteiger partial charge in [0.05, 0.1) is 93.5 Å². The summed E-state index contributed by atoms with van der Waals surface area (Å²) in [4.78, 5) is 97.3. The summed E-state index contributed by atoms with van der Waals surface area (Å²) in [6.45, 7) is 33.7. The third-order valence-corrected chi connectivity index (χ3v) is 26.0. The van der Waals surface area contributed by atoms with Crippen molar-refractivity contribution >= 4 is 98.3 Å². The number of halogens is 4. The van der Waals surface area contributed by atoms with Crippen LogP contribution in [-0.2, 0) is 34.9 Å². The number of hydrogen-bond donors (Lipinski definition) is 4. The number of hydrogen-bond acceptors (Lipinski definition) is 28. The summed E-state index contributed by atoms with van der Waals surface area (Å²) >= 11 is 3.22. The van der Waals surface area contributed by atoms with Crippen molar-refractivity contribution in [2.24, 2.45) is 0 Å². The largest absolute Gasteiger partial charge is 0.495 e. The van der Waals surface area contributed by atoms with Gasteiger partial charge in [-0.25, -0.2) is 43.1 Å². The average molecular weight is 2040 g/mol. The second-order valence-electron chi connectivity index (χ2n) is 39.7. The van der Waals surface area contributed by atoms with Crippen LogP contribution in [0.15, 0.2) is 155 Å². The number of ether oxygens (including phenoxy) is 8. The first kappa shape index (κ1) is 112. The van der Waals surface area contributed by atoms with Gasteiger partial charge in [0.2, 0.25) is 0 Å². The number of carbonyl (C=O) groups is 3. The zero-order chi connectivity index (χ0) is 101. The van der Waals surface area contributed by atoms with E-state index in [0.29, 0.717) is 113 Å².